The normalized spacial score (nSPS) is 17.9. The summed E-state index contributed by atoms with van der Waals surface area (Å²) in [5, 5.41) is 4.51. The van der Waals surface area contributed by atoms with Crippen LogP contribution in [0.15, 0.2) is 18.2 Å². The third-order valence-electron chi connectivity index (χ3n) is 3.87. The molecule has 2 rings (SSSR count). The first kappa shape index (κ1) is 21.2. The number of aryl methyl sites for hydroxylation is 2. The summed E-state index contributed by atoms with van der Waals surface area (Å²) in [6, 6.07) is 4.75. The molecule has 1 aliphatic rings. The maximum absolute atomic E-state index is 11.8. The summed E-state index contributed by atoms with van der Waals surface area (Å²) in [7, 11) is -3.00. The van der Waals surface area contributed by atoms with Gasteiger partial charge in [0, 0.05) is 10.9 Å². The van der Waals surface area contributed by atoms with Crippen LogP contribution in [0.5, 0.6) is 0 Å². The fourth-order valence-electron chi connectivity index (χ4n) is 2.54. The highest BCUT2D eigenvalue weighted by Crippen LogP contribution is 2.24. The lowest BCUT2D eigenvalue weighted by Crippen LogP contribution is -2.37. The van der Waals surface area contributed by atoms with E-state index in [1.807, 2.05) is 26.0 Å². The van der Waals surface area contributed by atoms with E-state index >= 15 is 0 Å². The summed E-state index contributed by atoms with van der Waals surface area (Å²) in [6.45, 7) is 3.18. The van der Waals surface area contributed by atoms with Crippen LogP contribution in [0.1, 0.15) is 17.5 Å². The van der Waals surface area contributed by atoms with Gasteiger partial charge in [-0.2, -0.15) is 0 Å². The molecule has 2 N–H and O–H groups in total. The van der Waals surface area contributed by atoms with Crippen LogP contribution in [0.2, 0.25) is 0 Å². The van der Waals surface area contributed by atoms with Crippen molar-refractivity contribution in [1.29, 1.82) is 0 Å². The molecule has 0 spiro atoms. The molecule has 1 aromatic rings. The van der Waals surface area contributed by atoms with Crippen molar-refractivity contribution in [2.24, 2.45) is 0 Å². The van der Waals surface area contributed by atoms with Gasteiger partial charge < -0.3 is 10.1 Å². The van der Waals surface area contributed by atoms with Gasteiger partial charge in [0.15, 0.2) is 16.4 Å². The molecular weight excluding hydrogens is 392 g/mol. The Morgan fingerprint density at radius 3 is 2.63 bits per heavy atom. The van der Waals surface area contributed by atoms with E-state index in [4.69, 9.17) is 4.74 Å². The van der Waals surface area contributed by atoms with E-state index in [0.29, 0.717) is 12.1 Å². The molecule has 1 heterocycles. The van der Waals surface area contributed by atoms with Gasteiger partial charge in [-0.05, 0) is 31.9 Å². The summed E-state index contributed by atoms with van der Waals surface area (Å²) < 4.78 is 27.5. The highest BCUT2D eigenvalue weighted by Gasteiger charge is 2.28. The number of hydrogen-bond acceptors (Lipinski definition) is 7. The Labute approximate surface area is 162 Å². The summed E-state index contributed by atoms with van der Waals surface area (Å²) in [5.41, 5.74) is 2.48. The third-order valence-corrected chi connectivity index (χ3v) is 7.13. The first-order valence-corrected chi connectivity index (χ1v) is 11.2. The number of sulfone groups is 1. The average Bonchev–Trinajstić information content (AvgIpc) is 2.92. The number of hydrogen-bond donors (Lipinski definition) is 2. The van der Waals surface area contributed by atoms with Gasteiger partial charge in [0.05, 0.1) is 17.3 Å². The molecule has 8 nitrogen and oxygen atoms in total. The molecule has 0 unspecified atom stereocenters. The first-order valence-electron chi connectivity index (χ1n) is 8.30. The molecule has 0 aromatic heterocycles. The van der Waals surface area contributed by atoms with Gasteiger partial charge >= 0.3 is 12.0 Å². The molecule has 0 aliphatic carbocycles. The number of benzene rings is 1. The van der Waals surface area contributed by atoms with Crippen molar-refractivity contribution in [2.45, 2.75) is 25.5 Å². The number of urea groups is 1. The van der Waals surface area contributed by atoms with Gasteiger partial charge in [-0.15, -0.1) is 11.8 Å². The molecule has 1 aromatic carbocycles. The Morgan fingerprint density at radius 1 is 1.26 bits per heavy atom. The third kappa shape index (κ3) is 7.22. The minimum atomic E-state index is -3.00. The zero-order chi connectivity index (χ0) is 20.0. The van der Waals surface area contributed by atoms with Crippen molar-refractivity contribution in [3.63, 3.8) is 0 Å². The number of nitrogens with one attached hydrogen (secondary N) is 2. The largest absolute Gasteiger partial charge is 0.455 e. The highest BCUT2D eigenvalue weighted by molar-refractivity contribution is 8.02. The topological polar surface area (TPSA) is 119 Å². The van der Waals surface area contributed by atoms with Crippen molar-refractivity contribution in [3.8, 4) is 0 Å². The van der Waals surface area contributed by atoms with E-state index in [1.54, 1.807) is 6.07 Å². The van der Waals surface area contributed by atoms with Gasteiger partial charge in [0.1, 0.15) is 0 Å². The number of rotatable bonds is 6. The van der Waals surface area contributed by atoms with Crippen molar-refractivity contribution in [2.75, 3.05) is 29.2 Å². The molecule has 148 valence electrons. The number of carbonyl (C=O) groups is 3. The minimum absolute atomic E-state index is 0.0395. The second kappa shape index (κ2) is 9.23. The van der Waals surface area contributed by atoms with Crippen LogP contribution in [0.4, 0.5) is 10.5 Å². The number of anilines is 1. The van der Waals surface area contributed by atoms with Crippen molar-refractivity contribution < 1.29 is 27.5 Å². The van der Waals surface area contributed by atoms with Crippen LogP contribution in [0.25, 0.3) is 0 Å². The van der Waals surface area contributed by atoms with Crippen LogP contribution in [0.3, 0.4) is 0 Å². The standard InChI is InChI=1S/C17H22N2O6S2/c1-11-3-4-14(12(2)7-11)18-17(22)19-15(20)8-25-16(21)9-26-13-5-6-27(23,24)10-13/h3-4,7,13H,5-6,8-10H2,1-2H3,(H2,18,19,20,22)/t13-/m0/s1. The molecular formula is C17H22N2O6S2. The van der Waals surface area contributed by atoms with E-state index in [2.05, 4.69) is 10.6 Å². The molecule has 1 atom stereocenters. The predicted molar refractivity (Wildman–Crippen MR) is 104 cm³/mol. The lowest BCUT2D eigenvalue weighted by atomic mass is 10.1. The Hall–Kier alpha value is -2.07. The molecule has 0 saturated carbocycles. The average molecular weight is 415 g/mol. The zero-order valence-electron chi connectivity index (χ0n) is 15.1. The fourth-order valence-corrected chi connectivity index (χ4v) is 5.98. The van der Waals surface area contributed by atoms with Gasteiger partial charge in [0.2, 0.25) is 0 Å². The second-order valence-corrected chi connectivity index (χ2v) is 9.83. The highest BCUT2D eigenvalue weighted by atomic mass is 32.2. The smallest absolute Gasteiger partial charge is 0.325 e. The summed E-state index contributed by atoms with van der Waals surface area (Å²) in [5.74, 6) is -1.22. The summed E-state index contributed by atoms with van der Waals surface area (Å²) in [6.07, 6.45) is 0.513. The van der Waals surface area contributed by atoms with E-state index in [0.717, 1.165) is 11.1 Å². The Balaban J connectivity index is 1.67. The van der Waals surface area contributed by atoms with E-state index in [9.17, 15) is 22.8 Å². The molecule has 1 fully saturated rings. The SMILES string of the molecule is Cc1ccc(NC(=O)NC(=O)COC(=O)CS[C@H]2CCS(=O)(=O)C2)c(C)c1. The maximum atomic E-state index is 11.8. The summed E-state index contributed by atoms with van der Waals surface area (Å²) in [4.78, 5) is 35.2. The van der Waals surface area contributed by atoms with E-state index in [-0.39, 0.29) is 22.5 Å². The van der Waals surface area contributed by atoms with Crippen LogP contribution in [0, 0.1) is 13.8 Å². The summed E-state index contributed by atoms with van der Waals surface area (Å²) >= 11 is 1.20. The monoisotopic (exact) mass is 414 g/mol. The van der Waals surface area contributed by atoms with Gasteiger partial charge in [-0.25, -0.2) is 13.2 Å². The molecule has 0 bridgehead atoms. The van der Waals surface area contributed by atoms with Crippen molar-refractivity contribution in [1.82, 2.24) is 5.32 Å². The molecule has 1 aliphatic heterocycles. The van der Waals surface area contributed by atoms with Crippen LogP contribution < -0.4 is 10.6 Å². The van der Waals surface area contributed by atoms with Crippen LogP contribution in [-0.2, 0) is 24.2 Å². The van der Waals surface area contributed by atoms with Gasteiger partial charge in [0.25, 0.3) is 5.91 Å². The first-order chi connectivity index (χ1) is 12.6. The lowest BCUT2D eigenvalue weighted by Gasteiger charge is -2.10. The number of amides is 3. The number of imide groups is 1. The molecule has 1 saturated heterocycles. The Morgan fingerprint density at radius 2 is 2.00 bits per heavy atom. The maximum Gasteiger partial charge on any atom is 0.325 e. The number of ether oxygens (including phenoxy) is 1. The van der Waals surface area contributed by atoms with Crippen LogP contribution in [-0.4, -0.2) is 55.4 Å². The predicted octanol–water partition coefficient (Wildman–Crippen LogP) is 1.42. The van der Waals surface area contributed by atoms with Crippen LogP contribution >= 0.6 is 11.8 Å². The minimum Gasteiger partial charge on any atom is -0.455 e. The fraction of sp³-hybridized carbons (Fsp3) is 0.471. The molecule has 0 radical (unpaired) electrons. The van der Waals surface area contributed by atoms with Crippen molar-refractivity contribution >= 4 is 45.2 Å². The number of carbonyl (C=O) groups excluding carboxylic acids is 3. The number of esters is 1. The zero-order valence-corrected chi connectivity index (χ0v) is 16.7. The quantitative estimate of drug-likeness (QED) is 0.676. The number of thioether (sulfide) groups is 1. The van der Waals surface area contributed by atoms with E-state index in [1.165, 1.54) is 11.8 Å². The Bertz CT molecular complexity index is 838. The van der Waals surface area contributed by atoms with Crippen molar-refractivity contribution in [3.05, 3.63) is 29.3 Å². The van der Waals surface area contributed by atoms with Gasteiger partial charge in [-0.3, -0.25) is 14.9 Å². The molecule has 3 amide bonds. The molecule has 27 heavy (non-hydrogen) atoms. The molecule has 10 heteroatoms. The Kier molecular flexibility index (Phi) is 7.25. The second-order valence-electron chi connectivity index (χ2n) is 6.32. The van der Waals surface area contributed by atoms with E-state index < -0.39 is 34.4 Å². The van der Waals surface area contributed by atoms with Gasteiger partial charge in [-0.1, -0.05) is 17.7 Å². The lowest BCUT2D eigenvalue weighted by molar-refractivity contribution is -0.145.